The van der Waals surface area contributed by atoms with Crippen molar-refractivity contribution in [3.8, 4) is 0 Å². The van der Waals surface area contributed by atoms with Gasteiger partial charge in [0.2, 0.25) is 5.66 Å². The van der Waals surface area contributed by atoms with Crippen LogP contribution in [-0.4, -0.2) is 38.5 Å². The lowest BCUT2D eigenvalue weighted by molar-refractivity contribution is -0.124. The number of nitrogens with two attached hydrogens (primary N) is 1. The van der Waals surface area contributed by atoms with Crippen LogP contribution in [0.3, 0.4) is 0 Å². The molecule has 7 nitrogen and oxygen atoms in total. The first-order valence-electron chi connectivity index (χ1n) is 7.74. The number of benzene rings is 2. The molecule has 1 heterocycles. The number of sulfone groups is 1. The maximum Gasteiger partial charge on any atom is 0.263 e. The van der Waals surface area contributed by atoms with Crippen LogP contribution >= 0.6 is 11.6 Å². The summed E-state index contributed by atoms with van der Waals surface area (Å²) in [6, 6.07) is 12.6. The molecular formula is C17H18ClN3O4S. The quantitative estimate of drug-likeness (QED) is 0.706. The summed E-state index contributed by atoms with van der Waals surface area (Å²) in [5.41, 5.74) is 5.27. The van der Waals surface area contributed by atoms with Crippen LogP contribution in [0.4, 0.5) is 5.69 Å². The van der Waals surface area contributed by atoms with E-state index in [-0.39, 0.29) is 11.4 Å². The largest absolute Gasteiger partial charge is 0.377 e. The number of halogens is 1. The van der Waals surface area contributed by atoms with Crippen molar-refractivity contribution >= 4 is 33.0 Å². The predicted molar refractivity (Wildman–Crippen MR) is 98.4 cm³/mol. The number of primary amides is 1. The first-order chi connectivity index (χ1) is 12.1. The standard InChI is InChI=1S/C17H18ClN3O4S/c1-26(24,25)14-8-6-13(7-9-14)21-10-15(22)20-17(21,16(19)23)11-2-4-12(18)5-3-11/h2-9,15,20,22H,10H2,1H3,(H2,19,23). The third-order valence-corrected chi connectivity index (χ3v) is 5.71. The maximum atomic E-state index is 12.4. The number of carbonyl (C=O) groups is 1. The minimum absolute atomic E-state index is 0.0871. The van der Waals surface area contributed by atoms with E-state index in [4.69, 9.17) is 17.3 Å². The van der Waals surface area contributed by atoms with Crippen LogP contribution in [0.1, 0.15) is 5.56 Å². The fourth-order valence-corrected chi connectivity index (χ4v) is 3.88. The normalized spacial score (nSPS) is 23.2. The molecule has 1 saturated heterocycles. The van der Waals surface area contributed by atoms with E-state index in [1.54, 1.807) is 41.3 Å². The monoisotopic (exact) mass is 395 g/mol. The average Bonchev–Trinajstić information content (AvgIpc) is 2.93. The summed E-state index contributed by atoms with van der Waals surface area (Å²) < 4.78 is 23.3. The molecule has 1 aliphatic rings. The van der Waals surface area contributed by atoms with Gasteiger partial charge in [-0.05, 0) is 36.4 Å². The summed E-state index contributed by atoms with van der Waals surface area (Å²) >= 11 is 5.93. The predicted octanol–water partition coefficient (Wildman–Crippen LogP) is 0.810. The number of β-amino-alcohol motifs (C(OH)–C–C–N with tert-alkyl or cyclic N) is 1. The van der Waals surface area contributed by atoms with Crippen LogP contribution in [0.25, 0.3) is 0 Å². The van der Waals surface area contributed by atoms with Crippen LogP contribution in [0, 0.1) is 0 Å². The van der Waals surface area contributed by atoms with Gasteiger partial charge in [-0.15, -0.1) is 0 Å². The van der Waals surface area contributed by atoms with Crippen molar-refractivity contribution in [1.82, 2.24) is 5.32 Å². The Bertz CT molecular complexity index is 931. The second-order valence-corrected chi connectivity index (χ2v) is 8.57. The average molecular weight is 396 g/mol. The fraction of sp³-hybridized carbons (Fsp3) is 0.235. The lowest BCUT2D eigenvalue weighted by atomic mass is 9.97. The molecule has 0 aliphatic carbocycles. The van der Waals surface area contributed by atoms with Gasteiger partial charge in [0.15, 0.2) is 9.84 Å². The molecule has 3 rings (SSSR count). The maximum absolute atomic E-state index is 12.4. The van der Waals surface area contributed by atoms with Crippen LogP contribution in [0.5, 0.6) is 0 Å². The molecule has 1 aliphatic heterocycles. The first-order valence-corrected chi connectivity index (χ1v) is 10.0. The van der Waals surface area contributed by atoms with Crippen molar-refractivity contribution in [3.63, 3.8) is 0 Å². The van der Waals surface area contributed by atoms with Crippen molar-refractivity contribution in [2.45, 2.75) is 16.8 Å². The highest BCUT2D eigenvalue weighted by Crippen LogP contribution is 2.36. The fourth-order valence-electron chi connectivity index (χ4n) is 3.12. The molecule has 4 N–H and O–H groups in total. The molecule has 2 unspecified atom stereocenters. The van der Waals surface area contributed by atoms with E-state index in [0.29, 0.717) is 16.3 Å². The van der Waals surface area contributed by atoms with Gasteiger partial charge in [0.1, 0.15) is 6.23 Å². The lowest BCUT2D eigenvalue weighted by Gasteiger charge is -2.37. The van der Waals surface area contributed by atoms with E-state index in [2.05, 4.69) is 5.32 Å². The third-order valence-electron chi connectivity index (χ3n) is 4.33. The van der Waals surface area contributed by atoms with Gasteiger partial charge < -0.3 is 15.7 Å². The zero-order chi connectivity index (χ0) is 19.1. The van der Waals surface area contributed by atoms with Gasteiger partial charge in [0.25, 0.3) is 5.91 Å². The number of hydrogen-bond acceptors (Lipinski definition) is 6. The molecule has 0 radical (unpaired) electrons. The zero-order valence-electron chi connectivity index (χ0n) is 13.9. The number of nitrogens with one attached hydrogen (secondary N) is 1. The van der Waals surface area contributed by atoms with Crippen molar-refractivity contribution in [3.05, 3.63) is 59.1 Å². The second-order valence-electron chi connectivity index (χ2n) is 6.12. The van der Waals surface area contributed by atoms with Gasteiger partial charge in [-0.2, -0.15) is 0 Å². The van der Waals surface area contributed by atoms with Crippen LogP contribution in [0.15, 0.2) is 53.4 Å². The highest BCUT2D eigenvalue weighted by molar-refractivity contribution is 7.90. The SMILES string of the molecule is CS(=O)(=O)c1ccc(N2CC(O)NC2(C(N)=O)c2ccc(Cl)cc2)cc1. The summed E-state index contributed by atoms with van der Waals surface area (Å²) in [5, 5.41) is 13.5. The molecule has 9 heteroatoms. The Hall–Kier alpha value is -2.13. The van der Waals surface area contributed by atoms with Gasteiger partial charge >= 0.3 is 0 Å². The number of rotatable bonds is 4. The third kappa shape index (κ3) is 3.16. The Balaban J connectivity index is 2.11. The van der Waals surface area contributed by atoms with E-state index in [0.717, 1.165) is 6.26 Å². The molecule has 0 bridgehead atoms. The zero-order valence-corrected chi connectivity index (χ0v) is 15.5. The number of anilines is 1. The van der Waals surface area contributed by atoms with Gasteiger partial charge in [-0.3, -0.25) is 10.1 Å². The first kappa shape index (κ1) is 18.7. The Kier molecular flexibility index (Phi) is 4.70. The van der Waals surface area contributed by atoms with Crippen molar-refractivity contribution < 1.29 is 18.3 Å². The van der Waals surface area contributed by atoms with Crippen LogP contribution in [-0.2, 0) is 20.3 Å². The molecule has 0 saturated carbocycles. The highest BCUT2D eigenvalue weighted by atomic mass is 35.5. The van der Waals surface area contributed by atoms with Crippen molar-refractivity contribution in [1.29, 1.82) is 0 Å². The Morgan fingerprint density at radius 3 is 2.31 bits per heavy atom. The summed E-state index contributed by atoms with van der Waals surface area (Å²) in [6.07, 6.45) is 0.109. The molecule has 1 fully saturated rings. The highest BCUT2D eigenvalue weighted by Gasteiger charge is 2.51. The van der Waals surface area contributed by atoms with Gasteiger partial charge in [0, 0.05) is 22.5 Å². The van der Waals surface area contributed by atoms with Gasteiger partial charge in [-0.25, -0.2) is 8.42 Å². The number of aliphatic hydroxyl groups is 1. The summed E-state index contributed by atoms with van der Waals surface area (Å²) in [7, 11) is -3.35. The minimum Gasteiger partial charge on any atom is -0.377 e. The molecule has 2 atom stereocenters. The molecule has 138 valence electrons. The molecule has 2 aromatic carbocycles. The van der Waals surface area contributed by atoms with Crippen molar-refractivity contribution in [2.24, 2.45) is 5.73 Å². The number of carbonyl (C=O) groups excluding carboxylic acids is 1. The number of amides is 1. The Labute approximate surface area is 156 Å². The van der Waals surface area contributed by atoms with Gasteiger partial charge in [0.05, 0.1) is 11.4 Å². The number of nitrogens with zero attached hydrogens (tertiary/aromatic N) is 1. The smallest absolute Gasteiger partial charge is 0.263 e. The van der Waals surface area contributed by atoms with E-state index >= 15 is 0 Å². The van der Waals surface area contributed by atoms with Crippen LogP contribution in [0.2, 0.25) is 5.02 Å². The van der Waals surface area contributed by atoms with E-state index < -0.39 is 27.6 Å². The molecule has 2 aromatic rings. The van der Waals surface area contributed by atoms with E-state index in [1.807, 2.05) is 0 Å². The molecule has 0 aromatic heterocycles. The van der Waals surface area contributed by atoms with Crippen LogP contribution < -0.4 is 16.0 Å². The number of aliphatic hydroxyl groups excluding tert-OH is 1. The topological polar surface area (TPSA) is 113 Å². The Morgan fingerprint density at radius 2 is 1.81 bits per heavy atom. The van der Waals surface area contributed by atoms with Crippen molar-refractivity contribution in [2.75, 3.05) is 17.7 Å². The molecule has 0 spiro atoms. The molecular weight excluding hydrogens is 378 g/mol. The summed E-state index contributed by atoms with van der Waals surface area (Å²) in [6.45, 7) is 0.0871. The molecule has 26 heavy (non-hydrogen) atoms. The van der Waals surface area contributed by atoms with E-state index in [1.165, 1.54) is 12.1 Å². The summed E-state index contributed by atoms with van der Waals surface area (Å²) in [5.74, 6) is -0.705. The minimum atomic E-state index is -3.35. The van der Waals surface area contributed by atoms with E-state index in [9.17, 15) is 18.3 Å². The summed E-state index contributed by atoms with van der Waals surface area (Å²) in [4.78, 5) is 14.2. The Morgan fingerprint density at radius 1 is 1.23 bits per heavy atom. The molecule has 1 amide bonds. The second kappa shape index (κ2) is 6.55. The number of hydrogen-bond donors (Lipinski definition) is 3. The van der Waals surface area contributed by atoms with Gasteiger partial charge in [-0.1, -0.05) is 23.7 Å². The lowest BCUT2D eigenvalue weighted by Crippen LogP contribution is -2.58.